The lowest BCUT2D eigenvalue weighted by atomic mass is 9.94. The molecule has 7 nitrogen and oxygen atoms in total. The molecule has 0 saturated heterocycles. The minimum atomic E-state index is -3.56. The highest BCUT2D eigenvalue weighted by molar-refractivity contribution is 7.92. The van der Waals surface area contributed by atoms with Crippen LogP contribution in [-0.2, 0) is 39.0 Å². The maximum absolute atomic E-state index is 14.0. The number of rotatable bonds is 14. The Morgan fingerprint density at radius 3 is 2.14 bits per heavy atom. The molecule has 1 N–H and O–H groups in total. The summed E-state index contributed by atoms with van der Waals surface area (Å²) in [5.74, 6) is -0.355. The lowest BCUT2D eigenvalue weighted by Crippen LogP contribution is -2.52. The summed E-state index contributed by atoms with van der Waals surface area (Å²) < 4.78 is 26.8. The number of hydrogen-bond donors (Lipinski definition) is 1. The van der Waals surface area contributed by atoms with Crippen molar-refractivity contribution in [2.75, 3.05) is 17.1 Å². The van der Waals surface area contributed by atoms with Crippen molar-refractivity contribution in [2.45, 2.75) is 83.3 Å². The number of nitrogens with zero attached hydrogens (tertiary/aromatic N) is 2. The maximum atomic E-state index is 14.0. The Labute approximate surface area is 267 Å². The van der Waals surface area contributed by atoms with Crippen molar-refractivity contribution in [3.63, 3.8) is 0 Å². The third kappa shape index (κ3) is 9.83. The van der Waals surface area contributed by atoms with Gasteiger partial charge in [0.2, 0.25) is 21.8 Å². The molecule has 0 aromatic heterocycles. The maximum Gasteiger partial charge on any atom is 0.243 e. The molecule has 1 fully saturated rings. The molecule has 3 aromatic carbocycles. The number of sulfonamides is 1. The van der Waals surface area contributed by atoms with Crippen LogP contribution >= 0.6 is 11.6 Å². The third-order valence-corrected chi connectivity index (χ3v) is 9.72. The molecule has 3 aromatic rings. The van der Waals surface area contributed by atoms with Crippen molar-refractivity contribution in [1.82, 2.24) is 10.2 Å². The van der Waals surface area contributed by atoms with Crippen LogP contribution in [0.25, 0.3) is 0 Å². The second kappa shape index (κ2) is 16.1. The molecule has 4 rings (SSSR count). The van der Waals surface area contributed by atoms with Crippen LogP contribution in [0.5, 0.6) is 0 Å². The van der Waals surface area contributed by atoms with Crippen molar-refractivity contribution in [2.24, 2.45) is 0 Å². The molecule has 2 amide bonds. The van der Waals surface area contributed by atoms with Crippen LogP contribution in [0, 0.1) is 0 Å². The summed E-state index contributed by atoms with van der Waals surface area (Å²) in [6.07, 6.45) is 8.03. The number of carbonyl (C=O) groups excluding carboxylic acids is 2. The number of carbonyl (C=O) groups is 2. The number of anilines is 1. The van der Waals surface area contributed by atoms with Gasteiger partial charge in [0.05, 0.1) is 11.9 Å². The fourth-order valence-electron chi connectivity index (χ4n) is 5.79. The molecule has 0 unspecified atom stereocenters. The van der Waals surface area contributed by atoms with Crippen molar-refractivity contribution in [3.05, 3.63) is 101 Å². The molecule has 1 atom stereocenters. The highest BCUT2D eigenvalue weighted by Gasteiger charge is 2.32. The molecule has 0 spiro atoms. The smallest absolute Gasteiger partial charge is 0.243 e. The average molecular weight is 638 g/mol. The predicted molar refractivity (Wildman–Crippen MR) is 178 cm³/mol. The summed E-state index contributed by atoms with van der Waals surface area (Å²) in [6.45, 7) is 2.44. The van der Waals surface area contributed by atoms with Gasteiger partial charge < -0.3 is 10.2 Å². The Hall–Kier alpha value is -3.36. The van der Waals surface area contributed by atoms with Crippen LogP contribution < -0.4 is 9.62 Å². The van der Waals surface area contributed by atoms with E-state index in [9.17, 15) is 18.0 Å². The lowest BCUT2D eigenvalue weighted by Gasteiger charge is -2.34. The van der Waals surface area contributed by atoms with E-state index in [4.69, 9.17) is 11.6 Å². The first kappa shape index (κ1) is 33.5. The number of aryl methyl sites for hydroxylation is 1. The van der Waals surface area contributed by atoms with Crippen molar-refractivity contribution in [1.29, 1.82) is 0 Å². The average Bonchev–Trinajstić information content (AvgIpc) is 3.02. The Morgan fingerprint density at radius 1 is 0.886 bits per heavy atom. The van der Waals surface area contributed by atoms with Gasteiger partial charge in [0.25, 0.3) is 0 Å². The quantitative estimate of drug-likeness (QED) is 0.218. The second-order valence-electron chi connectivity index (χ2n) is 11.7. The zero-order valence-electron chi connectivity index (χ0n) is 25.8. The molecule has 44 heavy (non-hydrogen) atoms. The van der Waals surface area contributed by atoms with E-state index in [1.807, 2.05) is 61.5 Å². The third-order valence-electron chi connectivity index (χ3n) is 8.27. The molecule has 1 aliphatic carbocycles. The summed E-state index contributed by atoms with van der Waals surface area (Å²) in [6, 6.07) is 23.9. The van der Waals surface area contributed by atoms with E-state index in [0.29, 0.717) is 23.6 Å². The van der Waals surface area contributed by atoms with Gasteiger partial charge in [0.1, 0.15) is 6.04 Å². The van der Waals surface area contributed by atoms with Gasteiger partial charge in [-0.15, -0.1) is 0 Å². The van der Waals surface area contributed by atoms with Crippen LogP contribution in [-0.4, -0.2) is 50.0 Å². The van der Waals surface area contributed by atoms with Gasteiger partial charge in [0.15, 0.2) is 0 Å². The van der Waals surface area contributed by atoms with Crippen LogP contribution in [0.3, 0.4) is 0 Å². The van der Waals surface area contributed by atoms with Gasteiger partial charge in [-0.05, 0) is 66.6 Å². The van der Waals surface area contributed by atoms with Gasteiger partial charge >= 0.3 is 0 Å². The van der Waals surface area contributed by atoms with Crippen LogP contribution in [0.2, 0.25) is 5.02 Å². The number of benzene rings is 3. The topological polar surface area (TPSA) is 86.8 Å². The molecule has 0 heterocycles. The normalized spacial score (nSPS) is 14.5. The molecule has 236 valence electrons. The first-order chi connectivity index (χ1) is 21.1. The highest BCUT2D eigenvalue weighted by atomic mass is 35.5. The molecule has 0 radical (unpaired) electrons. The molecule has 1 aliphatic rings. The van der Waals surface area contributed by atoms with E-state index >= 15 is 0 Å². The van der Waals surface area contributed by atoms with Gasteiger partial charge in [-0.2, -0.15) is 0 Å². The van der Waals surface area contributed by atoms with Crippen LogP contribution in [0.4, 0.5) is 5.69 Å². The van der Waals surface area contributed by atoms with E-state index < -0.39 is 16.1 Å². The van der Waals surface area contributed by atoms with Crippen molar-refractivity contribution < 1.29 is 18.0 Å². The number of halogens is 1. The number of nitrogens with one attached hydrogen (secondary N) is 1. The predicted octanol–water partition coefficient (Wildman–Crippen LogP) is 6.54. The van der Waals surface area contributed by atoms with E-state index in [-0.39, 0.29) is 37.4 Å². The van der Waals surface area contributed by atoms with Gasteiger partial charge in [-0.25, -0.2) is 8.42 Å². The summed E-state index contributed by atoms with van der Waals surface area (Å²) >= 11 is 6.14. The Bertz CT molecular complexity index is 1460. The Balaban J connectivity index is 1.57. The van der Waals surface area contributed by atoms with Crippen LogP contribution in [0.15, 0.2) is 78.9 Å². The fourth-order valence-corrected chi connectivity index (χ4v) is 6.88. The highest BCUT2D eigenvalue weighted by Crippen LogP contribution is 2.23. The van der Waals surface area contributed by atoms with Crippen LogP contribution in [0.1, 0.15) is 68.6 Å². The number of amides is 2. The monoisotopic (exact) mass is 637 g/mol. The van der Waals surface area contributed by atoms with Gasteiger partial charge in [-0.3, -0.25) is 13.9 Å². The summed E-state index contributed by atoms with van der Waals surface area (Å²) in [4.78, 5) is 29.7. The fraction of sp³-hybridized carbons (Fsp3) is 0.429. The minimum Gasteiger partial charge on any atom is -0.352 e. The first-order valence-corrected chi connectivity index (χ1v) is 17.8. The van der Waals surface area contributed by atoms with Gasteiger partial charge in [0, 0.05) is 37.0 Å². The van der Waals surface area contributed by atoms with E-state index in [0.717, 1.165) is 48.8 Å². The molecular weight excluding hydrogens is 594 g/mol. The molecular formula is C35H44ClN3O4S. The standard InChI is InChI=1S/C35H44ClN3O4S/c1-3-27-18-22-32(23-19-27)39(44(2,42)43)24-10-15-34(40)38(26-29-16-20-30(36)21-17-29)33(25-28-11-6-4-7-12-28)35(41)37-31-13-8-5-9-14-31/h4,6-7,11-12,16-23,31,33H,3,5,8-10,13-15,24-26H2,1-2H3,(H,37,41)/t33-/m1/s1. The molecule has 0 bridgehead atoms. The largest absolute Gasteiger partial charge is 0.352 e. The van der Waals surface area contributed by atoms with E-state index in [1.54, 1.807) is 29.2 Å². The summed E-state index contributed by atoms with van der Waals surface area (Å²) in [7, 11) is -3.56. The van der Waals surface area contributed by atoms with Gasteiger partial charge in [-0.1, -0.05) is 92.4 Å². The Kier molecular flexibility index (Phi) is 12.3. The van der Waals surface area contributed by atoms with E-state index in [1.165, 1.54) is 17.0 Å². The summed E-state index contributed by atoms with van der Waals surface area (Å²) in [5.41, 5.74) is 3.51. The Morgan fingerprint density at radius 2 is 1.52 bits per heavy atom. The van der Waals surface area contributed by atoms with Crippen molar-refractivity contribution in [3.8, 4) is 0 Å². The molecule has 0 aliphatic heterocycles. The summed E-state index contributed by atoms with van der Waals surface area (Å²) in [5, 5.41) is 3.85. The first-order valence-electron chi connectivity index (χ1n) is 15.6. The molecule has 9 heteroatoms. The zero-order chi connectivity index (χ0) is 31.5. The lowest BCUT2D eigenvalue weighted by molar-refractivity contribution is -0.141. The second-order valence-corrected chi connectivity index (χ2v) is 14.0. The minimum absolute atomic E-state index is 0.0919. The number of hydrogen-bond acceptors (Lipinski definition) is 4. The molecule has 1 saturated carbocycles. The van der Waals surface area contributed by atoms with E-state index in [2.05, 4.69) is 5.32 Å². The zero-order valence-corrected chi connectivity index (χ0v) is 27.3. The SMILES string of the molecule is CCc1ccc(N(CCCC(=O)N(Cc2ccc(Cl)cc2)[C@H](Cc2ccccc2)C(=O)NC2CCCCC2)S(C)(=O)=O)cc1. The van der Waals surface area contributed by atoms with Crippen molar-refractivity contribution >= 4 is 39.1 Å².